The molecule has 3 aromatic rings. The maximum atomic E-state index is 10.9. The molecule has 0 spiro atoms. The number of para-hydroxylation sites is 1. The third kappa shape index (κ3) is 3.72. The molecular weight excluding hydrogens is 384 g/mol. The van der Waals surface area contributed by atoms with Crippen molar-refractivity contribution in [2.45, 2.75) is 33.1 Å². The second-order valence-corrected chi connectivity index (χ2v) is 8.04. The van der Waals surface area contributed by atoms with Crippen LogP contribution < -0.4 is 9.47 Å². The molecule has 0 fully saturated rings. The van der Waals surface area contributed by atoms with Gasteiger partial charge in [-0.15, -0.1) is 0 Å². The summed E-state index contributed by atoms with van der Waals surface area (Å²) in [6.07, 6.45) is 1.02. The van der Waals surface area contributed by atoms with Crippen molar-refractivity contribution in [3.05, 3.63) is 95.1 Å². The molecule has 1 N–H and O–H groups in total. The van der Waals surface area contributed by atoms with Crippen LogP contribution in [0.4, 0.5) is 0 Å². The molecule has 1 heterocycles. The van der Waals surface area contributed by atoms with Crippen LogP contribution in [0, 0.1) is 6.92 Å². The van der Waals surface area contributed by atoms with Gasteiger partial charge in [-0.05, 0) is 71.9 Å². The molecule has 3 heteroatoms. The van der Waals surface area contributed by atoms with Gasteiger partial charge in [-0.1, -0.05) is 50.8 Å². The van der Waals surface area contributed by atoms with E-state index in [4.69, 9.17) is 9.47 Å². The van der Waals surface area contributed by atoms with E-state index >= 15 is 0 Å². The number of hydrogen-bond donors (Lipinski definition) is 1. The van der Waals surface area contributed by atoms with Crippen LogP contribution in [0.5, 0.6) is 17.2 Å². The van der Waals surface area contributed by atoms with Crippen LogP contribution in [0.3, 0.4) is 0 Å². The molecule has 1 atom stereocenters. The third-order valence-corrected chi connectivity index (χ3v) is 6.10. The first-order valence-corrected chi connectivity index (χ1v) is 10.6. The Hall–Kier alpha value is -3.46. The predicted octanol–water partition coefficient (Wildman–Crippen LogP) is 7.20. The number of methoxy groups -OCH3 is 1. The Kier molecular flexibility index (Phi) is 5.60. The number of ether oxygens (including phenoxy) is 2. The Morgan fingerprint density at radius 3 is 2.42 bits per heavy atom. The first kappa shape index (κ1) is 20.8. The van der Waals surface area contributed by atoms with E-state index in [9.17, 15) is 5.11 Å². The first-order valence-electron chi connectivity index (χ1n) is 10.6. The van der Waals surface area contributed by atoms with Gasteiger partial charge in [0, 0.05) is 11.1 Å². The van der Waals surface area contributed by atoms with Crippen LogP contribution in [0.2, 0.25) is 0 Å². The molecule has 0 aliphatic carbocycles. The van der Waals surface area contributed by atoms with Gasteiger partial charge in [0.2, 0.25) is 0 Å². The minimum absolute atomic E-state index is 0.206. The summed E-state index contributed by atoms with van der Waals surface area (Å²) in [6, 6.07) is 19.6. The van der Waals surface area contributed by atoms with Gasteiger partial charge in [0.1, 0.15) is 23.0 Å². The second-order valence-electron chi connectivity index (χ2n) is 8.04. The minimum atomic E-state index is 0.206. The summed E-state index contributed by atoms with van der Waals surface area (Å²) >= 11 is 0. The zero-order valence-corrected chi connectivity index (χ0v) is 18.5. The van der Waals surface area contributed by atoms with Gasteiger partial charge in [-0.2, -0.15) is 0 Å². The highest BCUT2D eigenvalue weighted by Gasteiger charge is 2.28. The van der Waals surface area contributed by atoms with E-state index in [1.54, 1.807) is 7.11 Å². The fourth-order valence-electron chi connectivity index (χ4n) is 4.13. The Bertz CT molecular complexity index is 1170. The van der Waals surface area contributed by atoms with Gasteiger partial charge < -0.3 is 14.6 Å². The van der Waals surface area contributed by atoms with E-state index in [2.05, 4.69) is 26.5 Å². The van der Waals surface area contributed by atoms with Crippen molar-refractivity contribution in [3.63, 3.8) is 0 Å². The Balaban J connectivity index is 1.98. The predicted molar refractivity (Wildman–Crippen MR) is 127 cm³/mol. The number of phenols is 1. The van der Waals surface area contributed by atoms with Crippen molar-refractivity contribution in [3.8, 4) is 17.2 Å². The summed E-state index contributed by atoms with van der Waals surface area (Å²) in [6.45, 7) is 10.8. The number of aromatic hydroxyl groups is 1. The molecule has 4 rings (SSSR count). The van der Waals surface area contributed by atoms with Crippen molar-refractivity contribution < 1.29 is 14.6 Å². The molecule has 0 unspecified atom stereocenters. The van der Waals surface area contributed by atoms with Gasteiger partial charge >= 0.3 is 0 Å². The summed E-state index contributed by atoms with van der Waals surface area (Å²) in [5, 5.41) is 10.9. The van der Waals surface area contributed by atoms with Gasteiger partial charge in [-0.3, -0.25) is 0 Å². The molecule has 0 saturated carbocycles. The maximum absolute atomic E-state index is 10.9. The molecule has 0 aromatic heterocycles. The zero-order valence-electron chi connectivity index (χ0n) is 18.5. The van der Waals surface area contributed by atoms with Crippen molar-refractivity contribution in [1.82, 2.24) is 0 Å². The molecule has 3 nitrogen and oxygen atoms in total. The molecule has 0 bridgehead atoms. The lowest BCUT2D eigenvalue weighted by atomic mass is 9.86. The molecule has 0 radical (unpaired) electrons. The molecule has 3 aromatic carbocycles. The SMILES string of the molecule is C=C1C(c2ccc(OC)cc2)=C(c2cc([C@H](C)CC)c(C)cc2O)Oc2ccccc21. The fourth-order valence-corrected chi connectivity index (χ4v) is 4.13. The summed E-state index contributed by atoms with van der Waals surface area (Å²) in [5.41, 5.74) is 6.62. The summed E-state index contributed by atoms with van der Waals surface area (Å²) in [5.74, 6) is 2.73. The lowest BCUT2D eigenvalue weighted by molar-refractivity contribution is 0.415. The number of allylic oxidation sites excluding steroid dienone is 2. The van der Waals surface area contributed by atoms with Crippen LogP contribution in [-0.4, -0.2) is 12.2 Å². The highest BCUT2D eigenvalue weighted by molar-refractivity contribution is 6.16. The van der Waals surface area contributed by atoms with Gasteiger partial charge in [0.25, 0.3) is 0 Å². The Morgan fingerprint density at radius 2 is 1.74 bits per heavy atom. The lowest BCUT2D eigenvalue weighted by Crippen LogP contribution is -2.09. The third-order valence-electron chi connectivity index (χ3n) is 6.10. The van der Waals surface area contributed by atoms with Crippen molar-refractivity contribution in [1.29, 1.82) is 0 Å². The average Bonchev–Trinajstić information content (AvgIpc) is 2.79. The van der Waals surface area contributed by atoms with Crippen molar-refractivity contribution in [2.75, 3.05) is 7.11 Å². The molecule has 158 valence electrons. The molecular formula is C28H28O3. The van der Waals surface area contributed by atoms with Crippen molar-refractivity contribution >= 4 is 16.9 Å². The lowest BCUT2D eigenvalue weighted by Gasteiger charge is -2.27. The summed E-state index contributed by atoms with van der Waals surface area (Å²) < 4.78 is 11.8. The van der Waals surface area contributed by atoms with Crippen LogP contribution >= 0.6 is 0 Å². The number of rotatable bonds is 5. The highest BCUT2D eigenvalue weighted by atomic mass is 16.5. The first-order chi connectivity index (χ1) is 14.9. The monoisotopic (exact) mass is 412 g/mol. The van der Waals surface area contributed by atoms with Crippen LogP contribution in [-0.2, 0) is 0 Å². The second kappa shape index (κ2) is 8.35. The van der Waals surface area contributed by atoms with E-state index in [1.165, 1.54) is 5.56 Å². The molecule has 0 saturated heterocycles. The molecule has 1 aliphatic heterocycles. The quantitative estimate of drug-likeness (QED) is 0.482. The number of hydrogen-bond acceptors (Lipinski definition) is 3. The standard InChI is InChI=1S/C28H28O3/c1-6-17(2)23-16-24(25(29)15-18(23)3)28-27(20-11-13-21(30-5)14-12-20)19(4)22-9-7-8-10-26(22)31-28/h7-17,29H,4,6H2,1-3,5H3/t17-/m1/s1. The summed E-state index contributed by atoms with van der Waals surface area (Å²) in [7, 11) is 1.65. The van der Waals surface area contributed by atoms with Gasteiger partial charge in [-0.25, -0.2) is 0 Å². The maximum Gasteiger partial charge on any atom is 0.146 e. The van der Waals surface area contributed by atoms with Gasteiger partial charge in [0.15, 0.2) is 0 Å². The molecule has 1 aliphatic rings. The van der Waals surface area contributed by atoms with E-state index < -0.39 is 0 Å². The van der Waals surface area contributed by atoms with E-state index in [0.29, 0.717) is 17.2 Å². The highest BCUT2D eigenvalue weighted by Crippen LogP contribution is 2.47. The van der Waals surface area contributed by atoms with Gasteiger partial charge in [0.05, 0.1) is 12.7 Å². The number of fused-ring (bicyclic) bond motifs is 1. The fraction of sp³-hybridized carbons (Fsp3) is 0.214. The normalized spacial score (nSPS) is 14.1. The number of aryl methyl sites for hydroxylation is 1. The van der Waals surface area contributed by atoms with E-state index in [-0.39, 0.29) is 5.75 Å². The van der Waals surface area contributed by atoms with Crippen LogP contribution in [0.1, 0.15) is 54.0 Å². The average molecular weight is 413 g/mol. The van der Waals surface area contributed by atoms with Crippen molar-refractivity contribution in [2.24, 2.45) is 0 Å². The smallest absolute Gasteiger partial charge is 0.146 e. The molecule has 0 amide bonds. The Morgan fingerprint density at radius 1 is 1.03 bits per heavy atom. The Labute approximate surface area is 184 Å². The topological polar surface area (TPSA) is 38.7 Å². The molecule has 31 heavy (non-hydrogen) atoms. The summed E-state index contributed by atoms with van der Waals surface area (Å²) in [4.78, 5) is 0. The largest absolute Gasteiger partial charge is 0.507 e. The number of phenolic OH excluding ortho intramolecular Hbond substituents is 1. The minimum Gasteiger partial charge on any atom is -0.507 e. The van der Waals surface area contributed by atoms with E-state index in [0.717, 1.165) is 45.8 Å². The zero-order chi connectivity index (χ0) is 22.1. The number of benzene rings is 3. The van der Waals surface area contributed by atoms with Crippen LogP contribution in [0.15, 0.2) is 67.2 Å². The van der Waals surface area contributed by atoms with E-state index in [1.807, 2.05) is 61.5 Å². The van der Waals surface area contributed by atoms with Crippen LogP contribution in [0.25, 0.3) is 16.9 Å².